The van der Waals surface area contributed by atoms with Crippen molar-refractivity contribution in [2.75, 3.05) is 20.1 Å². The summed E-state index contributed by atoms with van der Waals surface area (Å²) in [4.78, 5) is 16.1. The number of nitrogens with zero attached hydrogens (tertiary/aromatic N) is 3. The van der Waals surface area contributed by atoms with Crippen LogP contribution < -0.4 is 0 Å². The molecule has 0 bridgehead atoms. The van der Waals surface area contributed by atoms with Gasteiger partial charge in [-0.1, -0.05) is 6.92 Å². The highest BCUT2D eigenvalue weighted by Gasteiger charge is 2.33. The van der Waals surface area contributed by atoms with Crippen molar-refractivity contribution in [1.82, 2.24) is 9.80 Å². The highest BCUT2D eigenvalue weighted by atomic mass is 16.2. The summed E-state index contributed by atoms with van der Waals surface area (Å²) in [5.41, 5.74) is 0. The third kappa shape index (κ3) is 2.73. The second-order valence-electron chi connectivity index (χ2n) is 4.50. The van der Waals surface area contributed by atoms with Gasteiger partial charge >= 0.3 is 0 Å². The van der Waals surface area contributed by atoms with Gasteiger partial charge in [0, 0.05) is 19.6 Å². The molecule has 0 radical (unpaired) electrons. The minimum atomic E-state index is -0.236. The molecule has 0 aromatic heterocycles. The predicted molar refractivity (Wildman–Crippen MR) is 62.7 cm³/mol. The number of likely N-dealkylation sites (N-methyl/N-ethyl adjacent to an activating group) is 1. The number of hydrogen-bond acceptors (Lipinski definition) is 3. The van der Waals surface area contributed by atoms with Gasteiger partial charge in [0.15, 0.2) is 0 Å². The van der Waals surface area contributed by atoms with Crippen molar-refractivity contribution in [2.24, 2.45) is 0 Å². The largest absolute Gasteiger partial charge is 0.342 e. The normalized spacial score (nSPS) is 27.6. The van der Waals surface area contributed by atoms with E-state index in [-0.39, 0.29) is 18.0 Å². The van der Waals surface area contributed by atoms with Crippen LogP contribution in [-0.2, 0) is 4.79 Å². The molecule has 1 heterocycles. The second-order valence-corrected chi connectivity index (χ2v) is 4.50. The molecule has 0 aromatic carbocycles. The zero-order valence-corrected chi connectivity index (χ0v) is 10.4. The zero-order chi connectivity index (χ0) is 12.1. The molecule has 90 valence electrons. The molecule has 1 fully saturated rings. The van der Waals surface area contributed by atoms with Crippen LogP contribution in [-0.4, -0.2) is 47.9 Å². The number of nitriles is 1. The predicted octanol–water partition coefficient (Wildman–Crippen LogP) is 1.23. The number of carbonyl (C=O) groups excluding carboxylic acids is 1. The molecule has 4 heteroatoms. The van der Waals surface area contributed by atoms with E-state index < -0.39 is 0 Å². The summed E-state index contributed by atoms with van der Waals surface area (Å²) in [6, 6.07) is 2.17. The summed E-state index contributed by atoms with van der Waals surface area (Å²) in [5, 5.41) is 8.82. The first-order valence-electron chi connectivity index (χ1n) is 5.99. The van der Waals surface area contributed by atoms with Gasteiger partial charge in [0.1, 0.15) is 6.04 Å². The van der Waals surface area contributed by atoms with Crippen molar-refractivity contribution >= 4 is 5.91 Å². The molecular weight excluding hydrogens is 202 g/mol. The van der Waals surface area contributed by atoms with Gasteiger partial charge in [-0.15, -0.1) is 0 Å². The Balaban J connectivity index is 2.84. The van der Waals surface area contributed by atoms with E-state index in [1.54, 1.807) is 4.90 Å². The van der Waals surface area contributed by atoms with Crippen molar-refractivity contribution in [2.45, 2.75) is 45.2 Å². The molecular formula is C12H21N3O. The number of rotatable bonds is 3. The van der Waals surface area contributed by atoms with Gasteiger partial charge in [0.2, 0.25) is 5.91 Å². The first-order valence-corrected chi connectivity index (χ1v) is 5.99. The Kier molecular flexibility index (Phi) is 4.75. The Bertz CT molecular complexity index is 284. The molecule has 0 saturated carbocycles. The van der Waals surface area contributed by atoms with Gasteiger partial charge in [0.25, 0.3) is 0 Å². The molecule has 1 amide bonds. The van der Waals surface area contributed by atoms with E-state index >= 15 is 0 Å². The molecule has 0 aromatic rings. The number of amides is 1. The third-order valence-corrected chi connectivity index (χ3v) is 3.36. The van der Waals surface area contributed by atoms with Crippen LogP contribution in [0.1, 0.15) is 33.1 Å². The van der Waals surface area contributed by atoms with Crippen molar-refractivity contribution in [3.05, 3.63) is 0 Å². The van der Waals surface area contributed by atoms with Gasteiger partial charge in [-0.3, -0.25) is 9.69 Å². The van der Waals surface area contributed by atoms with Crippen LogP contribution in [0.5, 0.6) is 0 Å². The molecule has 1 aliphatic rings. The topological polar surface area (TPSA) is 47.3 Å². The highest BCUT2D eigenvalue weighted by molar-refractivity contribution is 5.82. The summed E-state index contributed by atoms with van der Waals surface area (Å²) >= 11 is 0. The average Bonchev–Trinajstić information content (AvgIpc) is 2.37. The van der Waals surface area contributed by atoms with Crippen LogP contribution >= 0.6 is 0 Å². The number of hydrogen-bond donors (Lipinski definition) is 0. The van der Waals surface area contributed by atoms with Crippen molar-refractivity contribution < 1.29 is 4.79 Å². The summed E-state index contributed by atoms with van der Waals surface area (Å²) in [5.74, 6) is 0.0972. The lowest BCUT2D eigenvalue weighted by atomic mass is 10.1. The molecule has 16 heavy (non-hydrogen) atoms. The molecule has 2 unspecified atom stereocenters. The minimum Gasteiger partial charge on any atom is -0.342 e. The lowest BCUT2D eigenvalue weighted by Gasteiger charge is -2.28. The standard InChI is InChI=1S/C12H21N3O/c1-4-8-15-9-6-10(2)14(3)12(16)11(15)5-7-13/h10-11H,4-6,8-9H2,1-3H3. The maximum Gasteiger partial charge on any atom is 0.240 e. The molecule has 0 N–H and O–H groups in total. The van der Waals surface area contributed by atoms with Gasteiger partial charge in [0.05, 0.1) is 12.5 Å². The van der Waals surface area contributed by atoms with Gasteiger partial charge in [-0.2, -0.15) is 5.26 Å². The average molecular weight is 223 g/mol. The summed E-state index contributed by atoms with van der Waals surface area (Å²) < 4.78 is 0. The number of carbonyl (C=O) groups is 1. The van der Waals surface area contributed by atoms with E-state index in [1.807, 2.05) is 7.05 Å². The van der Waals surface area contributed by atoms with E-state index in [9.17, 15) is 4.79 Å². The van der Waals surface area contributed by atoms with Crippen LogP contribution in [0.15, 0.2) is 0 Å². The molecule has 2 atom stereocenters. The van der Waals surface area contributed by atoms with Gasteiger partial charge in [-0.25, -0.2) is 0 Å². The highest BCUT2D eigenvalue weighted by Crippen LogP contribution is 2.17. The summed E-state index contributed by atoms with van der Waals surface area (Å²) in [7, 11) is 1.84. The molecule has 1 saturated heterocycles. The molecule has 1 rings (SSSR count). The monoisotopic (exact) mass is 223 g/mol. The minimum absolute atomic E-state index is 0.0972. The maximum atomic E-state index is 12.2. The second kappa shape index (κ2) is 5.86. The fraction of sp³-hybridized carbons (Fsp3) is 0.833. The van der Waals surface area contributed by atoms with Gasteiger partial charge < -0.3 is 4.90 Å². The van der Waals surface area contributed by atoms with E-state index in [1.165, 1.54) is 0 Å². The van der Waals surface area contributed by atoms with E-state index in [2.05, 4.69) is 24.8 Å². The van der Waals surface area contributed by atoms with Crippen molar-refractivity contribution in [1.29, 1.82) is 5.26 Å². The van der Waals surface area contributed by atoms with Crippen LogP contribution in [0.4, 0.5) is 0 Å². The molecule has 1 aliphatic heterocycles. The Morgan fingerprint density at radius 2 is 2.25 bits per heavy atom. The Labute approximate surface area is 97.8 Å². The Morgan fingerprint density at radius 3 is 2.81 bits per heavy atom. The van der Waals surface area contributed by atoms with Crippen LogP contribution in [0.3, 0.4) is 0 Å². The van der Waals surface area contributed by atoms with Crippen molar-refractivity contribution in [3.8, 4) is 6.07 Å². The zero-order valence-electron chi connectivity index (χ0n) is 10.4. The molecule has 4 nitrogen and oxygen atoms in total. The fourth-order valence-electron chi connectivity index (χ4n) is 2.17. The van der Waals surface area contributed by atoms with Crippen LogP contribution in [0, 0.1) is 11.3 Å². The summed E-state index contributed by atoms with van der Waals surface area (Å²) in [6.45, 7) is 5.98. The Hall–Kier alpha value is -1.08. The smallest absolute Gasteiger partial charge is 0.240 e. The lowest BCUT2D eigenvalue weighted by Crippen LogP contribution is -2.46. The molecule has 0 aliphatic carbocycles. The third-order valence-electron chi connectivity index (χ3n) is 3.36. The lowest BCUT2D eigenvalue weighted by molar-refractivity contribution is -0.135. The SMILES string of the molecule is CCCN1CCC(C)N(C)C(=O)C1CC#N. The van der Waals surface area contributed by atoms with E-state index in [0.29, 0.717) is 6.42 Å². The first-order chi connectivity index (χ1) is 7.61. The molecule has 0 spiro atoms. The van der Waals surface area contributed by atoms with Crippen molar-refractivity contribution in [3.63, 3.8) is 0 Å². The van der Waals surface area contributed by atoms with Gasteiger partial charge in [-0.05, 0) is 26.3 Å². The van der Waals surface area contributed by atoms with E-state index in [4.69, 9.17) is 5.26 Å². The fourth-order valence-corrected chi connectivity index (χ4v) is 2.17. The van der Waals surface area contributed by atoms with E-state index in [0.717, 1.165) is 25.9 Å². The van der Waals surface area contributed by atoms with Crippen LogP contribution in [0.2, 0.25) is 0 Å². The first kappa shape index (κ1) is 13.0. The Morgan fingerprint density at radius 1 is 1.56 bits per heavy atom. The van der Waals surface area contributed by atoms with Crippen LogP contribution in [0.25, 0.3) is 0 Å². The summed E-state index contributed by atoms with van der Waals surface area (Å²) in [6.07, 6.45) is 2.31. The maximum absolute atomic E-state index is 12.2. The quantitative estimate of drug-likeness (QED) is 0.723.